The molecule has 0 atom stereocenters. The summed E-state index contributed by atoms with van der Waals surface area (Å²) >= 11 is 0. The first kappa shape index (κ1) is 20.7. The van der Waals surface area contributed by atoms with E-state index in [1.807, 2.05) is 0 Å². The lowest BCUT2D eigenvalue weighted by molar-refractivity contribution is 1.29. The second-order valence-electron chi connectivity index (χ2n) is 8.60. The van der Waals surface area contributed by atoms with Crippen LogP contribution < -0.4 is 10.6 Å². The van der Waals surface area contributed by atoms with Crippen LogP contribution in [0.15, 0.2) is 108 Å². The predicted molar refractivity (Wildman–Crippen MR) is 140 cm³/mol. The predicted octanol–water partition coefficient (Wildman–Crippen LogP) is 7.69. The second-order valence-corrected chi connectivity index (χ2v) is 11.6. The van der Waals surface area contributed by atoms with Crippen molar-refractivity contribution in [2.24, 2.45) is 4.74 Å². The Bertz CT molecular complexity index is 1300. The molecule has 4 aromatic carbocycles. The average Bonchev–Trinajstić information content (AvgIpc) is 3.25. The van der Waals surface area contributed by atoms with Gasteiger partial charge >= 0.3 is 0 Å². The third kappa shape index (κ3) is 3.48. The van der Waals surface area contributed by atoms with Crippen molar-refractivity contribution in [3.05, 3.63) is 131 Å². The molecule has 0 unspecified atom stereocenters. The van der Waals surface area contributed by atoms with Crippen LogP contribution in [0.1, 0.15) is 27.8 Å². The van der Waals surface area contributed by atoms with Crippen LogP contribution in [0.25, 0.3) is 5.31 Å². The number of fused-ring (bicyclic) bond motifs is 1. The summed E-state index contributed by atoms with van der Waals surface area (Å²) in [6.45, 7) is 6.55. The third-order valence-electron chi connectivity index (χ3n) is 6.30. The van der Waals surface area contributed by atoms with Crippen LogP contribution in [-0.4, -0.2) is 0 Å². The number of rotatable bonds is 4. The molecule has 2 heteroatoms. The van der Waals surface area contributed by atoms with Gasteiger partial charge in [0.15, 0.2) is 0 Å². The molecule has 1 aliphatic rings. The van der Waals surface area contributed by atoms with E-state index in [1.165, 1.54) is 43.7 Å². The van der Waals surface area contributed by atoms with Gasteiger partial charge in [-0.25, -0.2) is 0 Å². The van der Waals surface area contributed by atoms with E-state index in [9.17, 15) is 0 Å². The number of aryl methyl sites for hydroxylation is 3. The molecule has 1 nitrogen and oxygen atoms in total. The van der Waals surface area contributed by atoms with Crippen molar-refractivity contribution in [1.29, 1.82) is 0 Å². The molecule has 0 heterocycles. The molecule has 0 radical (unpaired) electrons. The normalized spacial score (nSPS) is 12.9. The Hall–Kier alpha value is -3.15. The van der Waals surface area contributed by atoms with Gasteiger partial charge in [0.1, 0.15) is 0 Å². The van der Waals surface area contributed by atoms with E-state index in [1.54, 1.807) is 0 Å². The Balaban J connectivity index is 1.94. The minimum absolute atomic E-state index is 0.967. The largest absolute Gasteiger partial charge is 0.253 e. The smallest absolute Gasteiger partial charge is 0.0683 e. The van der Waals surface area contributed by atoms with E-state index in [-0.39, 0.29) is 0 Å². The lowest BCUT2D eigenvalue weighted by atomic mass is 10.1. The highest BCUT2D eigenvalue weighted by Crippen LogP contribution is 2.63. The summed E-state index contributed by atoms with van der Waals surface area (Å²) in [5, 5.41) is 3.98. The molecule has 32 heavy (non-hydrogen) atoms. The highest BCUT2D eigenvalue weighted by molar-refractivity contribution is 7.89. The zero-order chi connectivity index (χ0) is 22.1. The molecule has 1 aliphatic carbocycles. The van der Waals surface area contributed by atoms with Crippen molar-refractivity contribution in [3.8, 4) is 0 Å². The van der Waals surface area contributed by atoms with Gasteiger partial charge in [-0.15, -0.1) is 0 Å². The van der Waals surface area contributed by atoms with E-state index in [4.69, 9.17) is 4.74 Å². The first-order chi connectivity index (χ1) is 15.6. The molecule has 0 bridgehead atoms. The van der Waals surface area contributed by atoms with Gasteiger partial charge in [-0.3, -0.25) is 4.74 Å². The van der Waals surface area contributed by atoms with Gasteiger partial charge in [-0.1, -0.05) is 109 Å². The van der Waals surface area contributed by atoms with E-state index < -0.39 is 7.05 Å². The van der Waals surface area contributed by atoms with Crippen LogP contribution in [-0.2, 0) is 6.42 Å². The van der Waals surface area contributed by atoms with Crippen LogP contribution in [0.2, 0.25) is 0 Å². The molecule has 0 spiro atoms. The molecule has 0 saturated carbocycles. The second kappa shape index (κ2) is 8.41. The molecular weight excluding hydrogens is 405 g/mol. The summed E-state index contributed by atoms with van der Waals surface area (Å²) in [7, 11) is -2.29. The average molecular weight is 434 g/mol. The molecule has 0 saturated heterocycles. The molecule has 4 aromatic rings. The molecule has 0 fully saturated rings. The van der Waals surface area contributed by atoms with Gasteiger partial charge < -0.3 is 0 Å². The molecule has 0 aliphatic heterocycles. The lowest BCUT2D eigenvalue weighted by Crippen LogP contribution is -2.17. The van der Waals surface area contributed by atoms with Crippen molar-refractivity contribution < 1.29 is 0 Å². The standard InChI is InChI=1S/C30H28NP/c1-22-20-23(2)30(24(3)21-22)31-32(26-13-6-4-7-14-26,27-15-8-5-9-16-27)29-19-18-25-12-10-11-17-28(25)29/h4-17,19-21H,18H2,1-3H3. The third-order valence-corrected chi connectivity index (χ3v) is 10.0. The zero-order valence-electron chi connectivity index (χ0n) is 18.9. The highest BCUT2D eigenvalue weighted by Gasteiger charge is 2.33. The molecule has 0 N–H and O–H groups in total. The summed E-state index contributed by atoms with van der Waals surface area (Å²) in [5.74, 6) is 0. The quantitative estimate of drug-likeness (QED) is 0.293. The van der Waals surface area contributed by atoms with Gasteiger partial charge in [0.05, 0.1) is 12.7 Å². The SMILES string of the molecule is Cc1cc(C)c(N=P(C2=CCc3ccccc32)(c2ccccc2)c2ccccc2)c(C)c1. The summed E-state index contributed by atoms with van der Waals surface area (Å²) in [5.41, 5.74) is 7.64. The van der Waals surface area contributed by atoms with Crippen LogP contribution in [0.5, 0.6) is 0 Å². The Morgan fingerprint density at radius 1 is 0.656 bits per heavy atom. The van der Waals surface area contributed by atoms with Gasteiger partial charge in [0, 0.05) is 15.9 Å². The van der Waals surface area contributed by atoms with Crippen LogP contribution in [0, 0.1) is 20.8 Å². The van der Waals surface area contributed by atoms with Gasteiger partial charge in [-0.2, -0.15) is 0 Å². The molecule has 158 valence electrons. The minimum Gasteiger partial charge on any atom is -0.253 e. The number of allylic oxidation sites excluding steroid dienone is 1. The topological polar surface area (TPSA) is 12.4 Å². The zero-order valence-corrected chi connectivity index (χ0v) is 19.8. The molecular formula is C30H28NP. The summed E-state index contributed by atoms with van der Waals surface area (Å²) in [6, 6.07) is 35.2. The van der Waals surface area contributed by atoms with Crippen LogP contribution in [0.3, 0.4) is 0 Å². The summed E-state index contributed by atoms with van der Waals surface area (Å²) in [4.78, 5) is 0. The lowest BCUT2D eigenvalue weighted by Gasteiger charge is -2.29. The Labute approximate surface area is 191 Å². The van der Waals surface area contributed by atoms with Gasteiger partial charge in [0.25, 0.3) is 0 Å². The molecule has 5 rings (SSSR count). The molecule has 0 aromatic heterocycles. The summed E-state index contributed by atoms with van der Waals surface area (Å²) in [6.07, 6.45) is 3.40. The number of hydrogen-bond acceptors (Lipinski definition) is 1. The van der Waals surface area contributed by atoms with Crippen molar-refractivity contribution in [2.45, 2.75) is 27.2 Å². The fourth-order valence-corrected chi connectivity index (χ4v) is 8.87. The Kier molecular flexibility index (Phi) is 5.45. The Morgan fingerprint density at radius 3 is 1.78 bits per heavy atom. The highest BCUT2D eigenvalue weighted by atomic mass is 31.2. The van der Waals surface area contributed by atoms with E-state index in [0.29, 0.717) is 0 Å². The number of benzene rings is 4. The molecule has 0 amide bonds. The first-order valence-corrected chi connectivity index (χ1v) is 12.9. The van der Waals surface area contributed by atoms with Gasteiger partial charge in [-0.05, 0) is 49.4 Å². The first-order valence-electron chi connectivity index (χ1n) is 11.2. The fourth-order valence-electron chi connectivity index (χ4n) is 4.94. The maximum atomic E-state index is 5.79. The van der Waals surface area contributed by atoms with Crippen molar-refractivity contribution in [3.63, 3.8) is 0 Å². The maximum Gasteiger partial charge on any atom is 0.0683 e. The van der Waals surface area contributed by atoms with E-state index >= 15 is 0 Å². The van der Waals surface area contributed by atoms with E-state index in [2.05, 4.69) is 124 Å². The van der Waals surface area contributed by atoms with Crippen molar-refractivity contribution in [1.82, 2.24) is 0 Å². The number of nitrogens with zero attached hydrogens (tertiary/aromatic N) is 1. The van der Waals surface area contributed by atoms with Crippen LogP contribution >= 0.6 is 7.05 Å². The van der Waals surface area contributed by atoms with Crippen LogP contribution in [0.4, 0.5) is 5.69 Å². The van der Waals surface area contributed by atoms with Gasteiger partial charge in [0.2, 0.25) is 0 Å². The monoisotopic (exact) mass is 433 g/mol. The number of hydrogen-bond donors (Lipinski definition) is 0. The van der Waals surface area contributed by atoms with E-state index in [0.717, 1.165) is 12.1 Å². The van der Waals surface area contributed by atoms with Crippen molar-refractivity contribution in [2.75, 3.05) is 0 Å². The van der Waals surface area contributed by atoms with Crippen molar-refractivity contribution >= 4 is 28.7 Å². The fraction of sp³-hybridized carbons (Fsp3) is 0.133. The summed E-state index contributed by atoms with van der Waals surface area (Å²) < 4.78 is 5.79. The Morgan fingerprint density at radius 2 is 1.19 bits per heavy atom. The maximum absolute atomic E-state index is 5.79. The minimum atomic E-state index is -2.29.